The Morgan fingerprint density at radius 1 is 1.23 bits per heavy atom. The standard InChI is InChI=1S/C20H16ClF3N4OS/c1-12-11-30-19(25-12)28(14-8-6-13(21)7-9-14)17(29)10-27-16-5-3-2-4-15(16)26-18(27)20(22,23)24/h2-9,12H,10-11H2,1H3/t12-/m0/s1. The van der Waals surface area contributed by atoms with Crippen molar-refractivity contribution in [2.45, 2.75) is 25.7 Å². The molecule has 0 radical (unpaired) electrons. The molecule has 5 nitrogen and oxygen atoms in total. The molecular weight excluding hydrogens is 437 g/mol. The molecule has 4 rings (SSSR count). The number of nitrogens with zero attached hydrogens (tertiary/aromatic N) is 4. The number of hydrogen-bond acceptors (Lipinski definition) is 4. The number of thioether (sulfide) groups is 1. The number of rotatable bonds is 3. The van der Waals surface area contributed by atoms with Gasteiger partial charge in [-0.3, -0.25) is 14.7 Å². The van der Waals surface area contributed by atoms with Gasteiger partial charge in [0.05, 0.1) is 22.8 Å². The molecule has 1 atom stereocenters. The highest BCUT2D eigenvalue weighted by molar-refractivity contribution is 8.14. The zero-order valence-corrected chi connectivity index (χ0v) is 17.3. The van der Waals surface area contributed by atoms with Gasteiger partial charge in [0.15, 0.2) is 5.17 Å². The number of carbonyl (C=O) groups excluding carboxylic acids is 1. The van der Waals surface area contributed by atoms with Crippen LogP contribution in [-0.2, 0) is 17.5 Å². The molecule has 0 unspecified atom stereocenters. The van der Waals surface area contributed by atoms with Gasteiger partial charge in [0.1, 0.15) is 6.54 Å². The number of benzene rings is 2. The molecule has 0 N–H and O–H groups in total. The van der Waals surface area contributed by atoms with E-state index < -0.39 is 24.5 Å². The highest BCUT2D eigenvalue weighted by Gasteiger charge is 2.38. The quantitative estimate of drug-likeness (QED) is 0.546. The second-order valence-corrected chi connectivity index (χ2v) is 8.21. The third-order valence-electron chi connectivity index (χ3n) is 4.51. The van der Waals surface area contributed by atoms with Crippen LogP contribution in [0.15, 0.2) is 53.5 Å². The number of imidazole rings is 1. The third-order valence-corrected chi connectivity index (χ3v) is 5.96. The van der Waals surface area contributed by atoms with Crippen LogP contribution in [0.4, 0.5) is 18.9 Å². The number of alkyl halides is 3. The van der Waals surface area contributed by atoms with Crippen LogP contribution in [0.2, 0.25) is 5.02 Å². The summed E-state index contributed by atoms with van der Waals surface area (Å²) in [6, 6.07) is 12.7. The first-order chi connectivity index (χ1) is 14.2. The number of halogens is 4. The number of amides is 1. The van der Waals surface area contributed by atoms with Crippen molar-refractivity contribution < 1.29 is 18.0 Å². The number of carbonyl (C=O) groups is 1. The zero-order valence-electron chi connectivity index (χ0n) is 15.7. The summed E-state index contributed by atoms with van der Waals surface area (Å²) in [5.41, 5.74) is 0.906. The number of aromatic nitrogens is 2. The summed E-state index contributed by atoms with van der Waals surface area (Å²) in [5, 5.41) is 0.938. The van der Waals surface area contributed by atoms with Gasteiger partial charge in [0.2, 0.25) is 5.82 Å². The molecule has 2 heterocycles. The average molecular weight is 453 g/mol. The van der Waals surface area contributed by atoms with Crippen LogP contribution in [0.5, 0.6) is 0 Å². The Bertz CT molecular complexity index is 1130. The summed E-state index contributed by atoms with van der Waals surface area (Å²) in [6.07, 6.45) is -4.70. The second-order valence-electron chi connectivity index (χ2n) is 6.79. The van der Waals surface area contributed by atoms with Crippen molar-refractivity contribution in [2.75, 3.05) is 10.7 Å². The molecule has 156 valence electrons. The topological polar surface area (TPSA) is 50.5 Å². The van der Waals surface area contributed by atoms with Gasteiger partial charge >= 0.3 is 6.18 Å². The van der Waals surface area contributed by atoms with Crippen LogP contribution in [-0.4, -0.2) is 32.4 Å². The predicted molar refractivity (Wildman–Crippen MR) is 113 cm³/mol. The van der Waals surface area contributed by atoms with Gasteiger partial charge in [-0.05, 0) is 43.3 Å². The molecule has 0 aliphatic carbocycles. The van der Waals surface area contributed by atoms with E-state index in [0.29, 0.717) is 21.6 Å². The Morgan fingerprint density at radius 3 is 2.57 bits per heavy atom. The summed E-state index contributed by atoms with van der Waals surface area (Å²) in [5.74, 6) is -0.970. The van der Waals surface area contributed by atoms with E-state index in [1.54, 1.807) is 36.4 Å². The molecule has 10 heteroatoms. The Balaban J connectivity index is 1.77. The maximum absolute atomic E-state index is 13.6. The van der Waals surface area contributed by atoms with E-state index >= 15 is 0 Å². The van der Waals surface area contributed by atoms with E-state index in [4.69, 9.17) is 11.6 Å². The summed E-state index contributed by atoms with van der Waals surface area (Å²) < 4.78 is 41.7. The lowest BCUT2D eigenvalue weighted by Crippen LogP contribution is -2.38. The minimum Gasteiger partial charge on any atom is -0.311 e. The molecule has 30 heavy (non-hydrogen) atoms. The van der Waals surface area contributed by atoms with Gasteiger partial charge in [0.25, 0.3) is 5.91 Å². The third kappa shape index (κ3) is 4.04. The fraction of sp³-hybridized carbons (Fsp3) is 0.250. The first-order valence-electron chi connectivity index (χ1n) is 9.05. The highest BCUT2D eigenvalue weighted by Crippen LogP contribution is 2.32. The number of hydrogen-bond donors (Lipinski definition) is 0. The van der Waals surface area contributed by atoms with Gasteiger partial charge in [-0.1, -0.05) is 35.5 Å². The Kier molecular flexibility index (Phi) is 5.50. The van der Waals surface area contributed by atoms with Crippen LogP contribution in [0, 0.1) is 0 Å². The summed E-state index contributed by atoms with van der Waals surface area (Å²) >= 11 is 7.34. The molecular formula is C20H16ClF3N4OS. The number of aliphatic imine (C=N–C) groups is 1. The summed E-state index contributed by atoms with van der Waals surface area (Å²) in [7, 11) is 0. The van der Waals surface area contributed by atoms with Crippen LogP contribution >= 0.6 is 23.4 Å². The SMILES string of the molecule is C[C@H]1CSC(N(C(=O)Cn2c(C(F)(F)F)nc3ccccc32)c2ccc(Cl)cc2)=N1. The Labute approximate surface area is 179 Å². The van der Waals surface area contributed by atoms with E-state index in [-0.39, 0.29) is 17.1 Å². The average Bonchev–Trinajstić information content (AvgIpc) is 3.28. The largest absolute Gasteiger partial charge is 0.449 e. The van der Waals surface area contributed by atoms with Crippen molar-refractivity contribution in [1.82, 2.24) is 9.55 Å². The van der Waals surface area contributed by atoms with Crippen LogP contribution < -0.4 is 4.90 Å². The van der Waals surface area contributed by atoms with Gasteiger partial charge < -0.3 is 4.57 Å². The molecule has 1 aliphatic heterocycles. The minimum absolute atomic E-state index is 0.00686. The molecule has 1 aromatic heterocycles. The van der Waals surface area contributed by atoms with Crippen LogP contribution in [0.1, 0.15) is 12.7 Å². The monoisotopic (exact) mass is 452 g/mol. The van der Waals surface area contributed by atoms with Crippen LogP contribution in [0.25, 0.3) is 11.0 Å². The number of amidine groups is 1. The van der Waals surface area contributed by atoms with Crippen molar-refractivity contribution in [3.8, 4) is 0 Å². The Morgan fingerprint density at radius 2 is 1.93 bits per heavy atom. The van der Waals surface area contributed by atoms with Gasteiger partial charge in [-0.25, -0.2) is 4.98 Å². The molecule has 0 saturated heterocycles. The molecule has 1 amide bonds. The summed E-state index contributed by atoms with van der Waals surface area (Å²) in [4.78, 5) is 22.8. The first-order valence-corrected chi connectivity index (χ1v) is 10.4. The predicted octanol–water partition coefficient (Wildman–Crippen LogP) is 5.23. The first kappa shape index (κ1) is 20.7. The molecule has 1 aliphatic rings. The van der Waals surface area contributed by atoms with Gasteiger partial charge in [-0.2, -0.15) is 13.2 Å². The molecule has 0 saturated carbocycles. The van der Waals surface area contributed by atoms with E-state index in [1.165, 1.54) is 28.8 Å². The maximum Gasteiger partial charge on any atom is 0.449 e. The van der Waals surface area contributed by atoms with E-state index in [9.17, 15) is 18.0 Å². The zero-order chi connectivity index (χ0) is 21.5. The molecule has 0 fully saturated rings. The van der Waals surface area contributed by atoms with E-state index in [0.717, 1.165) is 4.57 Å². The van der Waals surface area contributed by atoms with E-state index in [2.05, 4.69) is 9.98 Å². The smallest absolute Gasteiger partial charge is 0.311 e. The maximum atomic E-state index is 13.6. The Hall–Kier alpha value is -2.52. The van der Waals surface area contributed by atoms with E-state index in [1.807, 2.05) is 6.92 Å². The minimum atomic E-state index is -4.70. The van der Waals surface area contributed by atoms with Crippen molar-refractivity contribution in [1.29, 1.82) is 0 Å². The fourth-order valence-corrected chi connectivity index (χ4v) is 4.37. The van der Waals surface area contributed by atoms with Crippen molar-refractivity contribution in [2.24, 2.45) is 4.99 Å². The van der Waals surface area contributed by atoms with Crippen molar-refractivity contribution >= 4 is 51.2 Å². The number of fused-ring (bicyclic) bond motifs is 1. The second kappa shape index (κ2) is 7.96. The summed E-state index contributed by atoms with van der Waals surface area (Å²) in [6.45, 7) is 1.38. The molecule has 2 aromatic carbocycles. The van der Waals surface area contributed by atoms with Gasteiger partial charge in [0, 0.05) is 10.8 Å². The lowest BCUT2D eigenvalue weighted by atomic mass is 10.3. The fourth-order valence-electron chi connectivity index (χ4n) is 3.19. The lowest BCUT2D eigenvalue weighted by molar-refractivity contribution is -0.147. The number of anilines is 1. The van der Waals surface area contributed by atoms with Gasteiger partial charge in [-0.15, -0.1) is 0 Å². The van der Waals surface area contributed by atoms with Crippen molar-refractivity contribution in [3.63, 3.8) is 0 Å². The molecule has 0 bridgehead atoms. The van der Waals surface area contributed by atoms with Crippen LogP contribution in [0.3, 0.4) is 0 Å². The normalized spacial score (nSPS) is 16.7. The number of para-hydroxylation sites is 2. The highest BCUT2D eigenvalue weighted by atomic mass is 35.5. The molecule has 0 spiro atoms. The lowest BCUT2D eigenvalue weighted by Gasteiger charge is -2.23. The van der Waals surface area contributed by atoms with Crippen molar-refractivity contribution in [3.05, 3.63) is 59.4 Å². The molecule has 3 aromatic rings.